The minimum Gasteiger partial charge on any atom is -0.457 e. The van der Waals surface area contributed by atoms with E-state index in [0.29, 0.717) is 5.58 Å². The zero-order valence-corrected chi connectivity index (χ0v) is 32.4. The fourth-order valence-corrected chi connectivity index (χ4v) is 12.6. The SMILES string of the molecule is O=P1(c2ccccc2)c2ccccc2C2(c3ccccc3Oc3cc(-c4cc(-c5ccncc5)nc(-c5ccncc5)c4)ccc32)c2cc3c(cc21)oc1ccccc13. The van der Waals surface area contributed by atoms with Gasteiger partial charge in [0.25, 0.3) is 0 Å². The molecular weight excluding hydrogens is 746 g/mol. The summed E-state index contributed by atoms with van der Waals surface area (Å²) in [6.07, 6.45) is 7.15. The Morgan fingerprint density at radius 1 is 0.441 bits per heavy atom. The molecule has 0 fully saturated rings. The Bertz CT molecular complexity index is 3290. The molecule has 6 nitrogen and oxygen atoms in total. The number of hydrogen-bond acceptors (Lipinski definition) is 6. The van der Waals surface area contributed by atoms with E-state index in [1.54, 1.807) is 24.8 Å². The average Bonchev–Trinajstić information content (AvgIpc) is 3.68. The van der Waals surface area contributed by atoms with E-state index >= 15 is 4.57 Å². The van der Waals surface area contributed by atoms with Crippen LogP contribution in [-0.2, 0) is 9.98 Å². The molecule has 0 radical (unpaired) electrons. The lowest BCUT2D eigenvalue weighted by atomic mass is 9.63. The highest BCUT2D eigenvalue weighted by Crippen LogP contribution is 2.62. The van der Waals surface area contributed by atoms with Gasteiger partial charge in [0.1, 0.15) is 22.7 Å². The summed E-state index contributed by atoms with van der Waals surface area (Å²) in [5.74, 6) is 1.47. The summed E-state index contributed by atoms with van der Waals surface area (Å²) < 4.78 is 30.0. The van der Waals surface area contributed by atoms with E-state index < -0.39 is 12.6 Å². The maximum absolute atomic E-state index is 16.4. The Morgan fingerprint density at radius 3 is 1.85 bits per heavy atom. The molecule has 278 valence electrons. The van der Waals surface area contributed by atoms with Gasteiger partial charge in [0, 0.05) is 73.7 Å². The summed E-state index contributed by atoms with van der Waals surface area (Å²) in [4.78, 5) is 13.6. The molecule has 12 rings (SSSR count). The molecule has 2 atom stereocenters. The first-order chi connectivity index (χ1) is 29.1. The number of furan rings is 1. The molecule has 6 heterocycles. The average molecular weight is 778 g/mol. The molecule has 0 saturated carbocycles. The molecule has 10 aromatic rings. The molecule has 1 spiro atoms. The third-order valence-electron chi connectivity index (χ3n) is 12.0. The van der Waals surface area contributed by atoms with Crippen LogP contribution in [0.25, 0.3) is 55.6 Å². The highest BCUT2D eigenvalue weighted by molar-refractivity contribution is 7.85. The van der Waals surface area contributed by atoms with Gasteiger partial charge in [-0.05, 0) is 89.0 Å². The van der Waals surface area contributed by atoms with E-state index in [1.165, 1.54) is 0 Å². The maximum Gasteiger partial charge on any atom is 0.171 e. The second-order valence-electron chi connectivity index (χ2n) is 15.1. The van der Waals surface area contributed by atoms with E-state index in [-0.39, 0.29) is 0 Å². The zero-order valence-electron chi connectivity index (χ0n) is 31.5. The van der Waals surface area contributed by atoms with Crippen molar-refractivity contribution in [3.63, 3.8) is 0 Å². The Hall–Kier alpha value is -7.40. The molecule has 0 bridgehead atoms. The fraction of sp³-hybridized carbons (Fsp3) is 0.0192. The van der Waals surface area contributed by atoms with Gasteiger partial charge < -0.3 is 13.7 Å². The second kappa shape index (κ2) is 12.8. The summed E-state index contributed by atoms with van der Waals surface area (Å²) in [5.41, 5.74) is 10.1. The van der Waals surface area contributed by atoms with Gasteiger partial charge in [0.05, 0.1) is 16.8 Å². The highest BCUT2D eigenvalue weighted by Gasteiger charge is 2.55. The van der Waals surface area contributed by atoms with Crippen molar-refractivity contribution in [2.24, 2.45) is 0 Å². The first-order valence-electron chi connectivity index (χ1n) is 19.6. The quantitative estimate of drug-likeness (QED) is 0.166. The van der Waals surface area contributed by atoms with Crippen LogP contribution in [0, 0.1) is 0 Å². The van der Waals surface area contributed by atoms with Crippen molar-refractivity contribution >= 4 is 45.0 Å². The first-order valence-corrected chi connectivity index (χ1v) is 21.3. The van der Waals surface area contributed by atoms with Crippen LogP contribution in [0.15, 0.2) is 199 Å². The Balaban J connectivity index is 1.17. The smallest absolute Gasteiger partial charge is 0.171 e. The number of para-hydroxylation sites is 2. The summed E-state index contributed by atoms with van der Waals surface area (Å²) in [6, 6.07) is 57.6. The number of pyridine rings is 3. The second-order valence-corrected chi connectivity index (χ2v) is 17.8. The summed E-state index contributed by atoms with van der Waals surface area (Å²) in [6.45, 7) is 0. The van der Waals surface area contributed by atoms with E-state index in [9.17, 15) is 0 Å². The van der Waals surface area contributed by atoms with Gasteiger partial charge in [-0.3, -0.25) is 9.97 Å². The van der Waals surface area contributed by atoms with Gasteiger partial charge in [-0.1, -0.05) is 103 Å². The van der Waals surface area contributed by atoms with Crippen molar-refractivity contribution in [3.8, 4) is 45.1 Å². The van der Waals surface area contributed by atoms with Gasteiger partial charge in [0.15, 0.2) is 7.14 Å². The Kier molecular flexibility index (Phi) is 7.32. The van der Waals surface area contributed by atoms with Crippen LogP contribution >= 0.6 is 7.14 Å². The molecule has 7 heteroatoms. The highest BCUT2D eigenvalue weighted by atomic mass is 31.2. The number of fused-ring (bicyclic) bond motifs is 11. The minimum atomic E-state index is -3.45. The lowest BCUT2D eigenvalue weighted by Gasteiger charge is -2.47. The molecule has 2 aliphatic heterocycles. The van der Waals surface area contributed by atoms with E-state index in [2.05, 4.69) is 88.8 Å². The third-order valence-corrected chi connectivity index (χ3v) is 15.2. The lowest BCUT2D eigenvalue weighted by Crippen LogP contribution is -2.47. The Labute approximate surface area is 339 Å². The van der Waals surface area contributed by atoms with Crippen molar-refractivity contribution in [2.45, 2.75) is 5.41 Å². The van der Waals surface area contributed by atoms with Crippen LogP contribution < -0.4 is 20.7 Å². The van der Waals surface area contributed by atoms with Crippen molar-refractivity contribution in [1.82, 2.24) is 15.0 Å². The van der Waals surface area contributed by atoms with Crippen LogP contribution in [0.2, 0.25) is 0 Å². The monoisotopic (exact) mass is 777 g/mol. The number of hydrogen-bond donors (Lipinski definition) is 0. The molecule has 0 saturated heterocycles. The van der Waals surface area contributed by atoms with Gasteiger partial charge in [-0.15, -0.1) is 0 Å². The Morgan fingerprint density at radius 2 is 1.08 bits per heavy atom. The topological polar surface area (TPSA) is 78.1 Å². The minimum absolute atomic E-state index is 0.708. The molecule has 2 aliphatic rings. The molecule has 59 heavy (non-hydrogen) atoms. The van der Waals surface area contributed by atoms with E-state index in [1.807, 2.05) is 91.0 Å². The maximum atomic E-state index is 16.4. The van der Waals surface area contributed by atoms with Crippen molar-refractivity contribution in [2.75, 3.05) is 0 Å². The number of rotatable bonds is 4. The molecular formula is C52H32N3O3P. The van der Waals surface area contributed by atoms with Crippen LogP contribution in [0.3, 0.4) is 0 Å². The van der Waals surface area contributed by atoms with Gasteiger partial charge >= 0.3 is 0 Å². The molecule has 6 aromatic carbocycles. The van der Waals surface area contributed by atoms with Crippen LogP contribution in [-0.4, -0.2) is 15.0 Å². The number of nitrogens with zero attached hydrogens (tertiary/aromatic N) is 3. The molecule has 0 amide bonds. The molecule has 0 aliphatic carbocycles. The van der Waals surface area contributed by atoms with Gasteiger partial charge in [-0.2, -0.15) is 0 Å². The summed E-state index contributed by atoms with van der Waals surface area (Å²) >= 11 is 0. The van der Waals surface area contributed by atoms with Crippen LogP contribution in [0.5, 0.6) is 11.5 Å². The molecule has 0 N–H and O–H groups in total. The number of benzene rings is 6. The van der Waals surface area contributed by atoms with Crippen molar-refractivity contribution < 1.29 is 13.7 Å². The van der Waals surface area contributed by atoms with Crippen molar-refractivity contribution in [1.29, 1.82) is 0 Å². The normalized spacial score (nSPS) is 17.5. The number of ether oxygens (including phenoxy) is 1. The molecule has 4 aromatic heterocycles. The largest absolute Gasteiger partial charge is 0.457 e. The first kappa shape index (κ1) is 33.7. The van der Waals surface area contributed by atoms with Gasteiger partial charge in [-0.25, -0.2) is 4.98 Å². The zero-order chi connectivity index (χ0) is 39.1. The summed E-state index contributed by atoms with van der Waals surface area (Å²) in [7, 11) is -3.45. The van der Waals surface area contributed by atoms with Crippen LogP contribution in [0.4, 0.5) is 0 Å². The number of aromatic nitrogens is 3. The van der Waals surface area contributed by atoms with E-state index in [0.717, 1.165) is 99.7 Å². The van der Waals surface area contributed by atoms with Crippen molar-refractivity contribution in [3.05, 3.63) is 217 Å². The van der Waals surface area contributed by atoms with Gasteiger partial charge in [0.2, 0.25) is 0 Å². The lowest BCUT2D eigenvalue weighted by molar-refractivity contribution is 0.435. The summed E-state index contributed by atoms with van der Waals surface area (Å²) in [5, 5.41) is 4.34. The standard InChI is InChI=1S/C52H32N3O3P/c56-59(37-10-2-1-3-11-37)50-17-9-6-14-42(50)52(43-31-39-38-12-4-7-15-46(38)57-48(39)32-51(43)59)40-13-5-8-16-47(40)58-49-30-35(18-19-41(49)52)36-28-44(33-20-24-53-25-21-33)55-45(29-36)34-22-26-54-27-23-34/h1-32H. The third kappa shape index (κ3) is 4.87. The fourth-order valence-electron chi connectivity index (χ4n) is 9.42. The molecule has 2 unspecified atom stereocenters. The predicted octanol–water partition coefficient (Wildman–Crippen LogP) is 11.2. The van der Waals surface area contributed by atoms with Crippen LogP contribution in [0.1, 0.15) is 22.3 Å². The van der Waals surface area contributed by atoms with E-state index in [4.69, 9.17) is 14.1 Å². The predicted molar refractivity (Wildman–Crippen MR) is 235 cm³/mol.